The van der Waals surface area contributed by atoms with Gasteiger partial charge in [-0.25, -0.2) is 9.97 Å². The van der Waals surface area contributed by atoms with Gasteiger partial charge in [-0.05, 0) is 70.0 Å². The summed E-state index contributed by atoms with van der Waals surface area (Å²) in [5.74, 6) is 0.712. The number of carbonyl (C=O) groups is 2. The van der Waals surface area contributed by atoms with Gasteiger partial charge in [0.2, 0.25) is 0 Å². The Morgan fingerprint density at radius 1 is 0.862 bits per heavy atom. The van der Waals surface area contributed by atoms with E-state index in [9.17, 15) is 9.59 Å². The molecule has 6 nitrogen and oxygen atoms in total. The molecule has 0 saturated heterocycles. The molecule has 0 aliphatic rings. The SMILES string of the molecule is CC(=O)c1ccc(Nc2cc(C(=O)Nc3c(C)cc(C)cc3C)nc(C)n2)cc1. The van der Waals surface area contributed by atoms with Crippen LogP contribution in [0.1, 0.15) is 50.3 Å². The third-order valence-electron chi connectivity index (χ3n) is 4.55. The lowest BCUT2D eigenvalue weighted by Gasteiger charge is -2.13. The van der Waals surface area contributed by atoms with Gasteiger partial charge in [0.05, 0.1) is 0 Å². The van der Waals surface area contributed by atoms with E-state index in [0.717, 1.165) is 28.1 Å². The molecule has 1 heterocycles. The highest BCUT2D eigenvalue weighted by Crippen LogP contribution is 2.23. The maximum Gasteiger partial charge on any atom is 0.274 e. The number of aromatic nitrogens is 2. The Hall–Kier alpha value is -3.54. The fourth-order valence-corrected chi connectivity index (χ4v) is 3.24. The second-order valence-electron chi connectivity index (χ2n) is 7.17. The summed E-state index contributed by atoms with van der Waals surface area (Å²) in [7, 11) is 0. The zero-order chi connectivity index (χ0) is 21.1. The van der Waals surface area contributed by atoms with Crippen LogP contribution in [0.15, 0.2) is 42.5 Å². The number of nitrogens with one attached hydrogen (secondary N) is 2. The number of rotatable bonds is 5. The van der Waals surface area contributed by atoms with E-state index in [-0.39, 0.29) is 17.4 Å². The molecule has 0 atom stereocenters. The lowest BCUT2D eigenvalue weighted by Crippen LogP contribution is -2.17. The van der Waals surface area contributed by atoms with Crippen molar-refractivity contribution in [2.75, 3.05) is 10.6 Å². The summed E-state index contributed by atoms with van der Waals surface area (Å²) in [5, 5.41) is 6.12. The highest BCUT2D eigenvalue weighted by atomic mass is 16.2. The molecule has 0 aliphatic carbocycles. The van der Waals surface area contributed by atoms with Crippen LogP contribution >= 0.6 is 0 Å². The Bertz CT molecular complexity index is 1070. The lowest BCUT2D eigenvalue weighted by atomic mass is 10.0. The van der Waals surface area contributed by atoms with Crippen LogP contribution in [0.2, 0.25) is 0 Å². The maximum absolute atomic E-state index is 12.8. The van der Waals surface area contributed by atoms with Gasteiger partial charge in [0.15, 0.2) is 5.78 Å². The van der Waals surface area contributed by atoms with Crippen LogP contribution in [0.5, 0.6) is 0 Å². The minimum atomic E-state index is -0.291. The Kier molecular flexibility index (Phi) is 5.73. The van der Waals surface area contributed by atoms with Crippen LogP contribution in [0, 0.1) is 27.7 Å². The Balaban J connectivity index is 1.83. The van der Waals surface area contributed by atoms with Gasteiger partial charge in [-0.2, -0.15) is 0 Å². The monoisotopic (exact) mass is 388 g/mol. The highest BCUT2D eigenvalue weighted by Gasteiger charge is 2.14. The van der Waals surface area contributed by atoms with E-state index < -0.39 is 0 Å². The average molecular weight is 388 g/mol. The first-order chi connectivity index (χ1) is 13.7. The van der Waals surface area contributed by atoms with Crippen LogP contribution in [-0.4, -0.2) is 21.7 Å². The average Bonchev–Trinajstić information content (AvgIpc) is 2.64. The van der Waals surface area contributed by atoms with E-state index in [1.54, 1.807) is 37.3 Å². The van der Waals surface area contributed by atoms with Gasteiger partial charge in [0.25, 0.3) is 5.91 Å². The summed E-state index contributed by atoms with van der Waals surface area (Å²) in [5.41, 5.74) is 5.64. The molecular formula is C23H24N4O2. The van der Waals surface area contributed by atoms with Crippen molar-refractivity contribution in [3.8, 4) is 0 Å². The first kappa shape index (κ1) is 20.2. The van der Waals surface area contributed by atoms with Crippen molar-refractivity contribution in [1.82, 2.24) is 9.97 Å². The van der Waals surface area contributed by atoms with Crippen molar-refractivity contribution in [2.45, 2.75) is 34.6 Å². The number of anilines is 3. The molecule has 2 aromatic carbocycles. The van der Waals surface area contributed by atoms with Gasteiger partial charge in [-0.3, -0.25) is 9.59 Å². The molecule has 0 radical (unpaired) electrons. The van der Waals surface area contributed by atoms with Crippen LogP contribution in [0.3, 0.4) is 0 Å². The molecule has 0 aliphatic heterocycles. The second kappa shape index (κ2) is 8.22. The Morgan fingerprint density at radius 3 is 2.07 bits per heavy atom. The minimum absolute atomic E-state index is 0.00933. The number of hydrogen-bond acceptors (Lipinski definition) is 5. The molecule has 1 amide bonds. The largest absolute Gasteiger partial charge is 0.340 e. The number of carbonyl (C=O) groups excluding carboxylic acids is 2. The predicted octanol–water partition coefficient (Wildman–Crippen LogP) is 4.91. The molecule has 0 unspecified atom stereocenters. The van der Waals surface area contributed by atoms with Crippen LogP contribution in [-0.2, 0) is 0 Å². The molecule has 3 aromatic rings. The molecule has 6 heteroatoms. The van der Waals surface area contributed by atoms with E-state index in [1.807, 2.05) is 32.9 Å². The number of nitrogens with zero attached hydrogens (tertiary/aromatic N) is 2. The zero-order valence-electron chi connectivity index (χ0n) is 17.3. The maximum atomic E-state index is 12.8. The summed E-state index contributed by atoms with van der Waals surface area (Å²) >= 11 is 0. The number of Topliss-reactive ketones (excluding diaryl/α,β-unsaturated/α-hetero) is 1. The first-order valence-corrected chi connectivity index (χ1v) is 9.36. The van der Waals surface area contributed by atoms with Crippen molar-refractivity contribution in [2.24, 2.45) is 0 Å². The van der Waals surface area contributed by atoms with E-state index in [0.29, 0.717) is 17.2 Å². The van der Waals surface area contributed by atoms with Crippen molar-refractivity contribution in [3.63, 3.8) is 0 Å². The molecule has 0 bridgehead atoms. The molecule has 148 valence electrons. The van der Waals surface area contributed by atoms with Crippen molar-refractivity contribution in [3.05, 3.63) is 76.2 Å². The van der Waals surface area contributed by atoms with E-state index in [2.05, 4.69) is 20.6 Å². The fraction of sp³-hybridized carbons (Fsp3) is 0.217. The van der Waals surface area contributed by atoms with Crippen LogP contribution < -0.4 is 10.6 Å². The molecule has 0 spiro atoms. The number of ketones is 1. The molecule has 2 N–H and O–H groups in total. The minimum Gasteiger partial charge on any atom is -0.340 e. The third-order valence-corrected chi connectivity index (χ3v) is 4.55. The molecule has 0 fully saturated rings. The quantitative estimate of drug-likeness (QED) is 0.607. The van der Waals surface area contributed by atoms with Crippen LogP contribution in [0.4, 0.5) is 17.2 Å². The van der Waals surface area contributed by atoms with Crippen molar-refractivity contribution in [1.29, 1.82) is 0 Å². The van der Waals surface area contributed by atoms with Crippen LogP contribution in [0.25, 0.3) is 0 Å². The highest BCUT2D eigenvalue weighted by molar-refractivity contribution is 6.04. The topological polar surface area (TPSA) is 84.0 Å². The summed E-state index contributed by atoms with van der Waals surface area (Å²) in [6.07, 6.45) is 0. The van der Waals surface area contributed by atoms with E-state index in [4.69, 9.17) is 0 Å². The smallest absolute Gasteiger partial charge is 0.274 e. The molecule has 3 rings (SSSR count). The van der Waals surface area contributed by atoms with Gasteiger partial charge in [-0.1, -0.05) is 17.7 Å². The van der Waals surface area contributed by atoms with E-state index >= 15 is 0 Å². The van der Waals surface area contributed by atoms with E-state index in [1.165, 1.54) is 6.92 Å². The summed E-state index contributed by atoms with van der Waals surface area (Å²) in [6.45, 7) is 9.24. The Morgan fingerprint density at radius 2 is 1.48 bits per heavy atom. The summed E-state index contributed by atoms with van der Waals surface area (Å²) in [4.78, 5) is 32.9. The molecule has 0 saturated carbocycles. The number of hydrogen-bond donors (Lipinski definition) is 2. The first-order valence-electron chi connectivity index (χ1n) is 9.36. The fourth-order valence-electron chi connectivity index (χ4n) is 3.24. The lowest BCUT2D eigenvalue weighted by molar-refractivity contribution is 0.101. The van der Waals surface area contributed by atoms with Crippen molar-refractivity contribution < 1.29 is 9.59 Å². The van der Waals surface area contributed by atoms with Crippen molar-refractivity contribution >= 4 is 28.9 Å². The predicted molar refractivity (Wildman–Crippen MR) is 115 cm³/mol. The summed E-state index contributed by atoms with van der Waals surface area (Å²) < 4.78 is 0. The number of aryl methyl sites for hydroxylation is 4. The van der Waals surface area contributed by atoms with Gasteiger partial charge in [-0.15, -0.1) is 0 Å². The number of amides is 1. The standard InChI is InChI=1S/C23H24N4O2/c1-13-10-14(2)22(15(3)11-13)27-23(29)20-12-21(25-17(5)24-20)26-19-8-6-18(7-9-19)16(4)28/h6-12H,1-5H3,(H,27,29)(H,24,25,26). The second-order valence-corrected chi connectivity index (χ2v) is 7.17. The van der Waals surface area contributed by atoms with Gasteiger partial charge in [0, 0.05) is 23.0 Å². The zero-order valence-corrected chi connectivity index (χ0v) is 17.3. The molecular weight excluding hydrogens is 364 g/mol. The van der Waals surface area contributed by atoms with Gasteiger partial charge < -0.3 is 10.6 Å². The molecule has 1 aromatic heterocycles. The molecule has 29 heavy (non-hydrogen) atoms. The number of benzene rings is 2. The Labute approximate surface area is 170 Å². The third kappa shape index (κ3) is 4.85. The summed E-state index contributed by atoms with van der Waals surface area (Å²) in [6, 6.07) is 12.8. The van der Waals surface area contributed by atoms with Gasteiger partial charge >= 0.3 is 0 Å². The normalized spacial score (nSPS) is 10.5. The van der Waals surface area contributed by atoms with Gasteiger partial charge in [0.1, 0.15) is 17.3 Å².